The van der Waals surface area contributed by atoms with E-state index in [1.54, 1.807) is 0 Å². The minimum atomic E-state index is -0.552. The van der Waals surface area contributed by atoms with Crippen molar-refractivity contribution in [1.29, 1.82) is 0 Å². The first-order valence-electron chi connectivity index (χ1n) is 21.3. The number of Topliss-reactive ketones (excluding diaryl/α,β-unsaturated/α-hetero) is 1. The SMILES string of the molecule is CC(C)(C)OC(=O)N1CCC[C@H]1C1=Nc2ccc(-c3ccc(-c4ccc5c(c4)CC([C@@H]4CCCN4C(=O)OC(C)(C)C)=N5)c4c3CC3(CCCCC3)C4=O)cc2C1. The van der Waals surface area contributed by atoms with Crippen LogP contribution < -0.4 is 0 Å². The van der Waals surface area contributed by atoms with Crippen LogP contribution in [0, 0.1) is 5.41 Å². The zero-order valence-corrected chi connectivity index (χ0v) is 34.5. The Hall–Kier alpha value is -4.79. The molecule has 4 aliphatic heterocycles. The lowest BCUT2D eigenvalue weighted by atomic mass is 9.71. The molecule has 57 heavy (non-hydrogen) atoms. The lowest BCUT2D eigenvalue weighted by molar-refractivity contribution is 0.0254. The van der Waals surface area contributed by atoms with Crippen molar-refractivity contribution in [2.24, 2.45) is 15.4 Å². The van der Waals surface area contributed by atoms with E-state index in [9.17, 15) is 14.4 Å². The van der Waals surface area contributed by atoms with Crippen LogP contribution in [-0.4, -0.2) is 75.6 Å². The maximum atomic E-state index is 14.8. The zero-order chi connectivity index (χ0) is 39.9. The number of hydrogen-bond acceptors (Lipinski definition) is 7. The van der Waals surface area contributed by atoms with Gasteiger partial charge in [0.15, 0.2) is 5.78 Å². The van der Waals surface area contributed by atoms with Crippen molar-refractivity contribution < 1.29 is 23.9 Å². The smallest absolute Gasteiger partial charge is 0.410 e. The van der Waals surface area contributed by atoms with Gasteiger partial charge in [-0.3, -0.25) is 24.6 Å². The van der Waals surface area contributed by atoms with Gasteiger partial charge in [0.1, 0.15) is 11.2 Å². The molecule has 2 aliphatic carbocycles. The Balaban J connectivity index is 1.00. The highest BCUT2D eigenvalue weighted by molar-refractivity contribution is 6.12. The van der Waals surface area contributed by atoms with Gasteiger partial charge in [0.25, 0.3) is 0 Å². The molecule has 3 aromatic rings. The van der Waals surface area contributed by atoms with Gasteiger partial charge in [-0.25, -0.2) is 9.59 Å². The van der Waals surface area contributed by atoms with Crippen molar-refractivity contribution in [2.75, 3.05) is 13.1 Å². The van der Waals surface area contributed by atoms with E-state index in [4.69, 9.17) is 19.5 Å². The van der Waals surface area contributed by atoms with Gasteiger partial charge < -0.3 is 9.47 Å². The molecule has 6 aliphatic rings. The highest BCUT2D eigenvalue weighted by Gasteiger charge is 2.48. The summed E-state index contributed by atoms with van der Waals surface area (Å²) in [6.07, 6.45) is 10.5. The molecule has 0 radical (unpaired) electrons. The Bertz CT molecular complexity index is 2230. The Labute approximate surface area is 336 Å². The first kappa shape index (κ1) is 37.8. The third-order valence-corrected chi connectivity index (χ3v) is 12.9. The predicted molar refractivity (Wildman–Crippen MR) is 224 cm³/mol. The molecular formula is C48H56N4O5. The van der Waals surface area contributed by atoms with Crippen molar-refractivity contribution in [1.82, 2.24) is 9.80 Å². The average molecular weight is 769 g/mol. The molecule has 4 heterocycles. The van der Waals surface area contributed by atoms with Crippen LogP contribution in [-0.2, 0) is 28.7 Å². The predicted octanol–water partition coefficient (Wildman–Crippen LogP) is 10.8. The van der Waals surface area contributed by atoms with Crippen LogP contribution >= 0.6 is 0 Å². The average Bonchev–Trinajstić information content (AvgIpc) is 3.99. The van der Waals surface area contributed by atoms with Gasteiger partial charge >= 0.3 is 12.2 Å². The zero-order valence-electron chi connectivity index (χ0n) is 34.5. The summed E-state index contributed by atoms with van der Waals surface area (Å²) in [5.74, 6) is 0.306. The Kier molecular flexibility index (Phi) is 9.24. The Morgan fingerprint density at radius 2 is 1.16 bits per heavy atom. The van der Waals surface area contributed by atoms with Crippen molar-refractivity contribution >= 4 is 40.8 Å². The third-order valence-electron chi connectivity index (χ3n) is 12.9. The van der Waals surface area contributed by atoms with Crippen molar-refractivity contribution in [2.45, 2.75) is 142 Å². The van der Waals surface area contributed by atoms with Gasteiger partial charge in [0.2, 0.25) is 0 Å². The van der Waals surface area contributed by atoms with E-state index < -0.39 is 11.2 Å². The van der Waals surface area contributed by atoms with E-state index in [0.29, 0.717) is 31.7 Å². The van der Waals surface area contributed by atoms with E-state index in [2.05, 4.69) is 48.5 Å². The van der Waals surface area contributed by atoms with Crippen LogP contribution in [0.1, 0.15) is 126 Å². The van der Waals surface area contributed by atoms with Crippen molar-refractivity contribution in [3.05, 3.63) is 70.8 Å². The second kappa shape index (κ2) is 13.9. The number of carbonyl (C=O) groups is 3. The molecule has 0 aromatic heterocycles. The van der Waals surface area contributed by atoms with E-state index >= 15 is 0 Å². The number of benzene rings is 3. The van der Waals surface area contributed by atoms with Crippen LogP contribution in [0.5, 0.6) is 0 Å². The third kappa shape index (κ3) is 6.99. The normalized spacial score (nSPS) is 22.4. The molecule has 2 saturated heterocycles. The second-order valence-corrected chi connectivity index (χ2v) is 19.3. The summed E-state index contributed by atoms with van der Waals surface area (Å²) in [6.45, 7) is 12.8. The van der Waals surface area contributed by atoms with Crippen LogP contribution in [0.15, 0.2) is 58.5 Å². The molecule has 0 unspecified atom stereocenters. The number of amides is 2. The molecule has 3 aromatic carbocycles. The topological polar surface area (TPSA) is 101 Å². The van der Waals surface area contributed by atoms with Gasteiger partial charge in [-0.1, -0.05) is 43.5 Å². The fourth-order valence-corrected chi connectivity index (χ4v) is 10.4. The standard InChI is InChI=1S/C48H56N4O5/c1-46(2,3)56-44(54)51-22-10-12-40(51)38-26-31-24-29(14-18-36(31)49-38)33-16-17-34(42-35(33)28-48(43(42)53)20-8-7-9-21-48)30-15-19-37-32(25-30)27-39(50-37)41-13-11-23-52(41)45(55)57-47(4,5)6/h14-19,24-25,40-41H,7-13,20-23,26-28H2,1-6H3/t40-,41-/m0/s1. The summed E-state index contributed by atoms with van der Waals surface area (Å²) < 4.78 is 11.5. The molecule has 3 fully saturated rings. The molecular weight excluding hydrogens is 713 g/mol. The molecule has 1 spiro atoms. The van der Waals surface area contributed by atoms with Crippen LogP contribution in [0.3, 0.4) is 0 Å². The van der Waals surface area contributed by atoms with Crippen molar-refractivity contribution in [3.63, 3.8) is 0 Å². The molecule has 1 saturated carbocycles. The molecule has 2 amide bonds. The largest absolute Gasteiger partial charge is 0.444 e. The summed E-state index contributed by atoms with van der Waals surface area (Å²) in [7, 11) is 0. The number of ether oxygens (including phenoxy) is 2. The number of aliphatic imine (C=N–C) groups is 2. The number of hydrogen-bond donors (Lipinski definition) is 0. The second-order valence-electron chi connectivity index (χ2n) is 19.3. The van der Waals surface area contributed by atoms with Crippen LogP contribution in [0.4, 0.5) is 21.0 Å². The van der Waals surface area contributed by atoms with E-state index in [1.165, 1.54) is 12.0 Å². The molecule has 9 heteroatoms. The monoisotopic (exact) mass is 768 g/mol. The van der Waals surface area contributed by atoms with Crippen LogP contribution in [0.2, 0.25) is 0 Å². The molecule has 298 valence electrons. The Morgan fingerprint density at radius 1 is 0.667 bits per heavy atom. The van der Waals surface area contributed by atoms with Gasteiger partial charge in [-0.05, 0) is 150 Å². The lowest BCUT2D eigenvalue weighted by Gasteiger charge is -2.31. The molecule has 9 nitrogen and oxygen atoms in total. The molecule has 2 atom stereocenters. The number of rotatable bonds is 4. The molecule has 9 rings (SSSR count). The summed E-state index contributed by atoms with van der Waals surface area (Å²) in [4.78, 5) is 54.9. The molecule has 0 bridgehead atoms. The summed E-state index contributed by atoms with van der Waals surface area (Å²) in [5, 5.41) is 0. The van der Waals surface area contributed by atoms with E-state index in [0.717, 1.165) is 120 Å². The Morgan fingerprint density at radius 3 is 1.67 bits per heavy atom. The van der Waals surface area contributed by atoms with E-state index in [1.807, 2.05) is 51.3 Å². The van der Waals surface area contributed by atoms with Gasteiger partial charge in [0, 0.05) is 48.3 Å². The van der Waals surface area contributed by atoms with Crippen molar-refractivity contribution in [3.8, 4) is 22.3 Å². The maximum absolute atomic E-state index is 14.8. The minimum absolute atomic E-state index is 0.0566. The summed E-state index contributed by atoms with van der Waals surface area (Å²) in [5.41, 5.74) is 11.1. The molecule has 0 N–H and O–H groups in total. The van der Waals surface area contributed by atoms with Gasteiger partial charge in [-0.2, -0.15) is 0 Å². The fraction of sp³-hybridized carbons (Fsp3) is 0.521. The number of carbonyl (C=O) groups excluding carboxylic acids is 3. The summed E-state index contributed by atoms with van der Waals surface area (Å²) in [6, 6.07) is 17.3. The van der Waals surface area contributed by atoms with Gasteiger partial charge in [0.05, 0.1) is 23.5 Å². The van der Waals surface area contributed by atoms with E-state index in [-0.39, 0.29) is 29.7 Å². The fourth-order valence-electron chi connectivity index (χ4n) is 10.4. The maximum Gasteiger partial charge on any atom is 0.410 e. The first-order chi connectivity index (χ1) is 27.2. The van der Waals surface area contributed by atoms with Gasteiger partial charge in [-0.15, -0.1) is 0 Å². The quantitative estimate of drug-likeness (QED) is 0.263. The summed E-state index contributed by atoms with van der Waals surface area (Å²) >= 11 is 0. The number of likely N-dealkylation sites (tertiary alicyclic amines) is 2. The van der Waals surface area contributed by atoms with Crippen LogP contribution in [0.25, 0.3) is 22.3 Å². The highest BCUT2D eigenvalue weighted by atomic mass is 16.6. The lowest BCUT2D eigenvalue weighted by Crippen LogP contribution is -2.43. The first-order valence-corrected chi connectivity index (χ1v) is 21.3. The number of nitrogens with zero attached hydrogens (tertiary/aromatic N) is 4. The highest BCUT2D eigenvalue weighted by Crippen LogP contribution is 2.52. The minimum Gasteiger partial charge on any atom is -0.444 e. The number of ketones is 1. The number of fused-ring (bicyclic) bond motifs is 3.